The van der Waals surface area contributed by atoms with E-state index in [1.165, 1.54) is 22.9 Å². The van der Waals surface area contributed by atoms with Crippen LogP contribution in [0.15, 0.2) is 33.9 Å². The lowest BCUT2D eigenvalue weighted by Crippen LogP contribution is -2.40. The number of piperidine rings is 1. The molecule has 23 heavy (non-hydrogen) atoms. The molecule has 1 aliphatic rings. The zero-order chi connectivity index (χ0) is 16.2. The Kier molecular flexibility index (Phi) is 5.00. The van der Waals surface area contributed by atoms with E-state index in [4.69, 9.17) is 4.42 Å². The minimum Gasteiger partial charge on any atom is -0.416 e. The van der Waals surface area contributed by atoms with Gasteiger partial charge in [0.05, 0.1) is 5.75 Å². The number of aryl methyl sites for hydroxylation is 2. The second-order valence-electron chi connectivity index (χ2n) is 5.97. The Hall–Kier alpha value is -1.82. The van der Waals surface area contributed by atoms with Gasteiger partial charge in [0.25, 0.3) is 5.22 Å². The maximum atomic E-state index is 12.4. The Morgan fingerprint density at radius 3 is 3.00 bits per heavy atom. The third-order valence-corrected chi connectivity index (χ3v) is 4.92. The molecule has 2 heterocycles. The van der Waals surface area contributed by atoms with Crippen LogP contribution < -0.4 is 0 Å². The van der Waals surface area contributed by atoms with Crippen molar-refractivity contribution in [3.05, 3.63) is 41.3 Å². The summed E-state index contributed by atoms with van der Waals surface area (Å²) in [4.78, 5) is 14.4. The van der Waals surface area contributed by atoms with Gasteiger partial charge in [-0.15, -0.1) is 10.2 Å². The fraction of sp³-hybridized carbons (Fsp3) is 0.471. The summed E-state index contributed by atoms with van der Waals surface area (Å²) >= 11 is 1.31. The van der Waals surface area contributed by atoms with Crippen molar-refractivity contribution in [2.75, 3.05) is 18.8 Å². The molecule has 1 amide bonds. The second kappa shape index (κ2) is 7.17. The maximum absolute atomic E-state index is 12.4. The van der Waals surface area contributed by atoms with Crippen molar-refractivity contribution in [3.8, 4) is 0 Å². The summed E-state index contributed by atoms with van der Waals surface area (Å²) < 4.78 is 5.29. The number of amides is 1. The third-order valence-electron chi connectivity index (χ3n) is 4.11. The Morgan fingerprint density at radius 2 is 2.26 bits per heavy atom. The van der Waals surface area contributed by atoms with Gasteiger partial charge in [-0.05, 0) is 25.3 Å². The lowest BCUT2D eigenvalue weighted by molar-refractivity contribution is -0.129. The van der Waals surface area contributed by atoms with Gasteiger partial charge in [-0.3, -0.25) is 4.79 Å². The summed E-state index contributed by atoms with van der Waals surface area (Å²) in [6.07, 6.45) is 2.19. The number of aromatic nitrogens is 2. The SMILES string of the molecule is Cc1cccc(C2CCCN(C(=O)CSc3nnc(C)o3)C2)c1. The molecule has 1 unspecified atom stereocenters. The first-order valence-electron chi connectivity index (χ1n) is 7.89. The highest BCUT2D eigenvalue weighted by molar-refractivity contribution is 7.99. The van der Waals surface area contributed by atoms with Gasteiger partial charge < -0.3 is 9.32 Å². The molecule has 3 rings (SSSR count). The Labute approximate surface area is 140 Å². The highest BCUT2D eigenvalue weighted by atomic mass is 32.2. The summed E-state index contributed by atoms with van der Waals surface area (Å²) in [6, 6.07) is 8.60. The minimum atomic E-state index is 0.142. The van der Waals surface area contributed by atoms with E-state index in [0.717, 1.165) is 25.9 Å². The van der Waals surface area contributed by atoms with Crippen LogP contribution in [0.4, 0.5) is 0 Å². The van der Waals surface area contributed by atoms with Crippen LogP contribution in [0.3, 0.4) is 0 Å². The number of likely N-dealkylation sites (tertiary alicyclic amines) is 1. The van der Waals surface area contributed by atoms with E-state index in [2.05, 4.69) is 41.4 Å². The van der Waals surface area contributed by atoms with Crippen molar-refractivity contribution in [2.24, 2.45) is 0 Å². The molecule has 1 aliphatic heterocycles. The summed E-state index contributed by atoms with van der Waals surface area (Å²) in [5.41, 5.74) is 2.61. The highest BCUT2D eigenvalue weighted by Gasteiger charge is 2.25. The van der Waals surface area contributed by atoms with Gasteiger partial charge in [-0.2, -0.15) is 0 Å². The first-order chi connectivity index (χ1) is 11.1. The zero-order valence-corrected chi connectivity index (χ0v) is 14.3. The molecule has 1 aromatic carbocycles. The van der Waals surface area contributed by atoms with Crippen molar-refractivity contribution in [3.63, 3.8) is 0 Å². The highest BCUT2D eigenvalue weighted by Crippen LogP contribution is 2.28. The molecule has 1 aromatic heterocycles. The molecule has 6 heteroatoms. The monoisotopic (exact) mass is 331 g/mol. The van der Waals surface area contributed by atoms with Crippen LogP contribution in [0.2, 0.25) is 0 Å². The maximum Gasteiger partial charge on any atom is 0.277 e. The van der Waals surface area contributed by atoms with E-state index in [1.807, 2.05) is 4.90 Å². The van der Waals surface area contributed by atoms with Gasteiger partial charge in [0.1, 0.15) is 0 Å². The van der Waals surface area contributed by atoms with Crippen LogP contribution in [0.25, 0.3) is 0 Å². The predicted molar refractivity (Wildman–Crippen MR) is 89.5 cm³/mol. The Morgan fingerprint density at radius 1 is 1.39 bits per heavy atom. The van der Waals surface area contributed by atoms with Crippen LogP contribution in [0, 0.1) is 13.8 Å². The molecule has 0 radical (unpaired) electrons. The average molecular weight is 331 g/mol. The first-order valence-corrected chi connectivity index (χ1v) is 8.87. The molecule has 0 N–H and O–H groups in total. The number of rotatable bonds is 4. The molecule has 5 nitrogen and oxygen atoms in total. The molecule has 1 fully saturated rings. The largest absolute Gasteiger partial charge is 0.416 e. The lowest BCUT2D eigenvalue weighted by Gasteiger charge is -2.33. The number of thioether (sulfide) groups is 1. The summed E-state index contributed by atoms with van der Waals surface area (Å²) in [5, 5.41) is 8.15. The molecule has 0 saturated carbocycles. The molecule has 0 aliphatic carbocycles. The summed E-state index contributed by atoms with van der Waals surface area (Å²) in [5.74, 6) is 1.45. The van der Waals surface area contributed by atoms with Gasteiger partial charge in [0.15, 0.2) is 0 Å². The predicted octanol–water partition coefficient (Wildman–Crippen LogP) is 3.18. The standard InChI is InChI=1S/C17H21N3O2S/c1-12-5-3-6-14(9-12)15-7-4-8-20(10-15)16(21)11-23-17-19-18-13(2)22-17/h3,5-6,9,15H,4,7-8,10-11H2,1-2H3. The van der Waals surface area contributed by atoms with Crippen LogP contribution in [-0.2, 0) is 4.79 Å². The van der Waals surface area contributed by atoms with E-state index < -0.39 is 0 Å². The van der Waals surface area contributed by atoms with E-state index in [9.17, 15) is 4.79 Å². The summed E-state index contributed by atoms with van der Waals surface area (Å²) in [6.45, 7) is 5.49. The van der Waals surface area contributed by atoms with E-state index >= 15 is 0 Å². The van der Waals surface area contributed by atoms with Crippen molar-refractivity contribution in [1.82, 2.24) is 15.1 Å². The van der Waals surface area contributed by atoms with Crippen molar-refractivity contribution < 1.29 is 9.21 Å². The Bertz CT molecular complexity index is 686. The van der Waals surface area contributed by atoms with E-state index in [-0.39, 0.29) is 5.91 Å². The number of nitrogens with zero attached hydrogens (tertiary/aromatic N) is 3. The zero-order valence-electron chi connectivity index (χ0n) is 13.5. The molecule has 1 atom stereocenters. The van der Waals surface area contributed by atoms with Crippen LogP contribution >= 0.6 is 11.8 Å². The normalized spacial score (nSPS) is 18.2. The fourth-order valence-corrected chi connectivity index (χ4v) is 3.66. The molecular weight excluding hydrogens is 310 g/mol. The van der Waals surface area contributed by atoms with Gasteiger partial charge >= 0.3 is 0 Å². The topological polar surface area (TPSA) is 59.2 Å². The lowest BCUT2D eigenvalue weighted by atomic mass is 9.90. The van der Waals surface area contributed by atoms with Crippen molar-refractivity contribution >= 4 is 17.7 Å². The van der Waals surface area contributed by atoms with Gasteiger partial charge in [-0.1, -0.05) is 41.6 Å². The molecule has 122 valence electrons. The molecule has 2 aromatic rings. The van der Waals surface area contributed by atoms with E-state index in [0.29, 0.717) is 22.8 Å². The van der Waals surface area contributed by atoms with Crippen LogP contribution in [0.1, 0.15) is 35.8 Å². The van der Waals surface area contributed by atoms with Gasteiger partial charge in [-0.25, -0.2) is 0 Å². The Balaban J connectivity index is 1.58. The number of hydrogen-bond donors (Lipinski definition) is 0. The first kappa shape index (κ1) is 16.1. The molecular formula is C17H21N3O2S. The smallest absolute Gasteiger partial charge is 0.277 e. The second-order valence-corrected chi connectivity index (χ2v) is 6.90. The van der Waals surface area contributed by atoms with Crippen molar-refractivity contribution in [2.45, 2.75) is 37.8 Å². The third kappa shape index (κ3) is 4.13. The number of carbonyl (C=O) groups excluding carboxylic acids is 1. The summed E-state index contributed by atoms with van der Waals surface area (Å²) in [7, 11) is 0. The molecule has 0 bridgehead atoms. The van der Waals surface area contributed by atoms with Crippen LogP contribution in [-0.4, -0.2) is 39.8 Å². The van der Waals surface area contributed by atoms with Gasteiger partial charge in [0.2, 0.25) is 11.8 Å². The number of benzene rings is 1. The fourth-order valence-electron chi connectivity index (χ4n) is 2.95. The quantitative estimate of drug-likeness (QED) is 0.805. The molecule has 0 spiro atoms. The average Bonchev–Trinajstić information content (AvgIpc) is 2.98. The minimum absolute atomic E-state index is 0.142. The van der Waals surface area contributed by atoms with Gasteiger partial charge in [0, 0.05) is 25.9 Å². The van der Waals surface area contributed by atoms with Crippen LogP contribution in [0.5, 0.6) is 0 Å². The van der Waals surface area contributed by atoms with Crippen molar-refractivity contribution in [1.29, 1.82) is 0 Å². The number of carbonyl (C=O) groups is 1. The molecule has 1 saturated heterocycles. The van der Waals surface area contributed by atoms with E-state index in [1.54, 1.807) is 6.92 Å². The number of hydrogen-bond acceptors (Lipinski definition) is 5.